The Balaban J connectivity index is 1.82. The quantitative estimate of drug-likeness (QED) is 0.341. The summed E-state index contributed by atoms with van der Waals surface area (Å²) in [5, 5.41) is 12.9. The van der Waals surface area contributed by atoms with Gasteiger partial charge in [-0.1, -0.05) is 43.0 Å². The zero-order valence-corrected chi connectivity index (χ0v) is 17.3. The number of hydrogen-bond donors (Lipinski definition) is 2. The van der Waals surface area contributed by atoms with Crippen LogP contribution in [0.25, 0.3) is 16.8 Å². The molecule has 1 heterocycles. The lowest BCUT2D eigenvalue weighted by molar-refractivity contribution is -0.122. The van der Waals surface area contributed by atoms with E-state index in [1.165, 1.54) is 30.3 Å². The van der Waals surface area contributed by atoms with Gasteiger partial charge in [0.1, 0.15) is 17.9 Å². The fourth-order valence-corrected chi connectivity index (χ4v) is 3.49. The predicted octanol–water partition coefficient (Wildman–Crippen LogP) is 3.77. The zero-order valence-electron chi connectivity index (χ0n) is 17.3. The van der Waals surface area contributed by atoms with Crippen molar-refractivity contribution in [3.8, 4) is 5.75 Å². The summed E-state index contributed by atoms with van der Waals surface area (Å²) < 4.78 is 5.73. The van der Waals surface area contributed by atoms with Crippen molar-refractivity contribution < 1.29 is 29.0 Å². The van der Waals surface area contributed by atoms with E-state index in [1.807, 2.05) is 30.3 Å². The van der Waals surface area contributed by atoms with Crippen molar-refractivity contribution in [3.05, 3.63) is 90.0 Å². The monoisotopic (exact) mass is 442 g/mol. The minimum Gasteiger partial charge on any atom is -0.489 e. The third-order valence-corrected chi connectivity index (χ3v) is 5.05. The summed E-state index contributed by atoms with van der Waals surface area (Å²) in [4.78, 5) is 50.2. The van der Waals surface area contributed by atoms with Gasteiger partial charge in [0.2, 0.25) is 0 Å². The molecule has 164 valence electrons. The summed E-state index contributed by atoms with van der Waals surface area (Å²) in [7, 11) is 0. The van der Waals surface area contributed by atoms with E-state index >= 15 is 0 Å². The van der Waals surface area contributed by atoms with Crippen LogP contribution in [0.4, 0.5) is 10.5 Å². The van der Waals surface area contributed by atoms with Gasteiger partial charge < -0.3 is 9.84 Å². The number of aromatic carboxylic acids is 1. The van der Waals surface area contributed by atoms with Gasteiger partial charge in [0.25, 0.3) is 11.8 Å². The molecule has 3 aromatic rings. The lowest BCUT2D eigenvalue weighted by Crippen LogP contribution is -2.54. The molecule has 33 heavy (non-hydrogen) atoms. The molecule has 8 nitrogen and oxygen atoms in total. The molecule has 0 spiro atoms. The van der Waals surface area contributed by atoms with E-state index < -0.39 is 23.8 Å². The summed E-state index contributed by atoms with van der Waals surface area (Å²) in [6, 6.07) is 15.3. The highest BCUT2D eigenvalue weighted by atomic mass is 16.5. The Morgan fingerprint density at radius 2 is 1.76 bits per heavy atom. The Hall–Kier alpha value is -4.72. The number of carboxylic acid groups (broad SMARTS) is 1. The normalized spacial score (nSPS) is 15.0. The number of hydrogen-bond acceptors (Lipinski definition) is 5. The summed E-state index contributed by atoms with van der Waals surface area (Å²) in [5.41, 5.74) is 0.359. The topological polar surface area (TPSA) is 113 Å². The molecule has 3 aromatic carbocycles. The number of benzene rings is 3. The molecule has 1 aliphatic rings. The van der Waals surface area contributed by atoms with Crippen LogP contribution >= 0.6 is 0 Å². The molecule has 0 saturated carbocycles. The van der Waals surface area contributed by atoms with Gasteiger partial charge in [0.05, 0.1) is 11.3 Å². The minimum absolute atomic E-state index is 0.00442. The van der Waals surface area contributed by atoms with Crippen LogP contribution in [0.5, 0.6) is 5.75 Å². The van der Waals surface area contributed by atoms with Gasteiger partial charge in [0, 0.05) is 5.56 Å². The highest BCUT2D eigenvalue weighted by molar-refractivity contribution is 6.39. The van der Waals surface area contributed by atoms with Crippen LogP contribution < -0.4 is 15.0 Å². The molecule has 4 amide bonds. The number of nitrogens with zero attached hydrogens (tertiary/aromatic N) is 1. The van der Waals surface area contributed by atoms with E-state index in [-0.39, 0.29) is 23.4 Å². The van der Waals surface area contributed by atoms with Crippen molar-refractivity contribution >= 4 is 46.4 Å². The Labute approximate surface area is 188 Å². The van der Waals surface area contributed by atoms with Crippen molar-refractivity contribution in [2.45, 2.75) is 0 Å². The highest BCUT2D eigenvalue weighted by Gasteiger charge is 2.37. The molecule has 0 aromatic heterocycles. The van der Waals surface area contributed by atoms with Crippen LogP contribution in [0.2, 0.25) is 0 Å². The summed E-state index contributed by atoms with van der Waals surface area (Å²) in [6.45, 7) is 3.85. The minimum atomic E-state index is -1.14. The van der Waals surface area contributed by atoms with Crippen molar-refractivity contribution in [2.24, 2.45) is 0 Å². The van der Waals surface area contributed by atoms with Crippen LogP contribution in [0.15, 0.2) is 78.9 Å². The maximum absolute atomic E-state index is 13.2. The smallest absolute Gasteiger partial charge is 0.335 e. The second-order valence-electron chi connectivity index (χ2n) is 7.11. The molecule has 1 saturated heterocycles. The van der Waals surface area contributed by atoms with Crippen molar-refractivity contribution in [2.75, 3.05) is 11.5 Å². The number of nitrogens with one attached hydrogen (secondary N) is 1. The van der Waals surface area contributed by atoms with Crippen LogP contribution in [0.3, 0.4) is 0 Å². The van der Waals surface area contributed by atoms with Crippen LogP contribution in [-0.4, -0.2) is 35.5 Å². The number of carbonyl (C=O) groups excluding carboxylic acids is 3. The summed E-state index contributed by atoms with van der Waals surface area (Å²) in [6.07, 6.45) is 2.97. The second-order valence-corrected chi connectivity index (χ2v) is 7.11. The third kappa shape index (κ3) is 4.09. The molecule has 2 N–H and O–H groups in total. The second kappa shape index (κ2) is 8.80. The lowest BCUT2D eigenvalue weighted by atomic mass is 9.99. The van der Waals surface area contributed by atoms with Gasteiger partial charge in [0.15, 0.2) is 0 Å². The van der Waals surface area contributed by atoms with Gasteiger partial charge in [-0.3, -0.25) is 14.9 Å². The standard InChI is InChI=1S/C25H18N2O6/c1-2-13-33-21-12-9-15-5-3-4-6-18(15)19(21)14-20-22(28)26-25(32)27(23(20)29)17-10-7-16(8-11-17)24(30)31/h2-12,14H,1,13H2,(H,30,31)(H,26,28,32)/b20-14+. The number of anilines is 1. The molecule has 0 radical (unpaired) electrons. The Morgan fingerprint density at radius 3 is 2.45 bits per heavy atom. The number of carboxylic acids is 1. The first-order valence-corrected chi connectivity index (χ1v) is 9.91. The highest BCUT2D eigenvalue weighted by Crippen LogP contribution is 2.32. The van der Waals surface area contributed by atoms with E-state index in [0.717, 1.165) is 15.7 Å². The molecular formula is C25H18N2O6. The molecule has 4 rings (SSSR count). The number of barbiturate groups is 1. The molecule has 1 aliphatic heterocycles. The van der Waals surface area contributed by atoms with Crippen molar-refractivity contribution in [1.82, 2.24) is 5.32 Å². The number of rotatable bonds is 6. The third-order valence-electron chi connectivity index (χ3n) is 5.05. The van der Waals surface area contributed by atoms with Crippen LogP contribution in [-0.2, 0) is 9.59 Å². The average molecular weight is 442 g/mol. The van der Waals surface area contributed by atoms with E-state index in [1.54, 1.807) is 12.1 Å². The molecule has 0 atom stereocenters. The Morgan fingerprint density at radius 1 is 1.03 bits per heavy atom. The summed E-state index contributed by atoms with van der Waals surface area (Å²) in [5.74, 6) is -2.38. The van der Waals surface area contributed by atoms with E-state index in [9.17, 15) is 19.2 Å². The molecule has 1 fully saturated rings. The first kappa shape index (κ1) is 21.5. The van der Waals surface area contributed by atoms with Crippen LogP contribution in [0.1, 0.15) is 15.9 Å². The van der Waals surface area contributed by atoms with Crippen LogP contribution in [0, 0.1) is 0 Å². The van der Waals surface area contributed by atoms with Gasteiger partial charge >= 0.3 is 12.0 Å². The molecule has 0 aliphatic carbocycles. The predicted molar refractivity (Wildman–Crippen MR) is 122 cm³/mol. The fraction of sp³-hybridized carbons (Fsp3) is 0.0400. The number of ether oxygens (including phenoxy) is 1. The van der Waals surface area contributed by atoms with E-state index in [0.29, 0.717) is 11.3 Å². The number of amides is 4. The SMILES string of the molecule is C=CCOc1ccc2ccccc2c1/C=C1\C(=O)NC(=O)N(c2ccc(C(=O)O)cc2)C1=O. The number of urea groups is 1. The number of carbonyl (C=O) groups is 4. The van der Waals surface area contributed by atoms with Gasteiger partial charge in [-0.05, 0) is 47.2 Å². The lowest BCUT2D eigenvalue weighted by Gasteiger charge is -2.26. The van der Waals surface area contributed by atoms with E-state index in [2.05, 4.69) is 11.9 Å². The Kier molecular flexibility index (Phi) is 5.73. The zero-order chi connectivity index (χ0) is 23.5. The fourth-order valence-electron chi connectivity index (χ4n) is 3.49. The molecule has 0 unspecified atom stereocenters. The largest absolute Gasteiger partial charge is 0.489 e. The summed E-state index contributed by atoms with van der Waals surface area (Å²) >= 11 is 0. The number of fused-ring (bicyclic) bond motifs is 1. The first-order chi connectivity index (χ1) is 15.9. The number of imide groups is 2. The maximum atomic E-state index is 13.2. The van der Waals surface area contributed by atoms with E-state index in [4.69, 9.17) is 9.84 Å². The molecular weight excluding hydrogens is 424 g/mol. The van der Waals surface area contributed by atoms with Gasteiger partial charge in [-0.25, -0.2) is 14.5 Å². The van der Waals surface area contributed by atoms with Crippen molar-refractivity contribution in [3.63, 3.8) is 0 Å². The average Bonchev–Trinajstić information content (AvgIpc) is 2.81. The van der Waals surface area contributed by atoms with Gasteiger partial charge in [-0.15, -0.1) is 0 Å². The molecule has 8 heteroatoms. The van der Waals surface area contributed by atoms with Gasteiger partial charge in [-0.2, -0.15) is 0 Å². The molecule has 0 bridgehead atoms. The maximum Gasteiger partial charge on any atom is 0.335 e. The first-order valence-electron chi connectivity index (χ1n) is 9.91. The Bertz CT molecular complexity index is 1340. The van der Waals surface area contributed by atoms with Crippen molar-refractivity contribution in [1.29, 1.82) is 0 Å².